The molecular formula is C30H36BrNO5S2. The Labute approximate surface area is 249 Å². The van der Waals surface area contributed by atoms with E-state index in [1.165, 1.54) is 17.3 Å². The summed E-state index contributed by atoms with van der Waals surface area (Å²) in [6, 6.07) is 12.2. The van der Waals surface area contributed by atoms with Gasteiger partial charge in [-0.05, 0) is 76.0 Å². The van der Waals surface area contributed by atoms with Gasteiger partial charge in [-0.25, -0.2) is 0 Å². The average Bonchev–Trinajstić information content (AvgIpc) is 3.14. The van der Waals surface area contributed by atoms with Crippen molar-refractivity contribution in [2.45, 2.75) is 65.9 Å². The molecule has 1 fully saturated rings. The summed E-state index contributed by atoms with van der Waals surface area (Å²) in [5.74, 6) is 0.775. The highest BCUT2D eigenvalue weighted by atomic mass is 79.9. The second-order valence-electron chi connectivity index (χ2n) is 10.2. The SMILES string of the molecule is CCCOC(=O)CCCN1C(=O)/C(=C\c2cc(Br)c(OCc3ccc(C(C)(C)C)cc3)c(OCC)c2)SC1=S. The van der Waals surface area contributed by atoms with Crippen LogP contribution in [-0.4, -0.2) is 40.9 Å². The third-order valence-electron chi connectivity index (χ3n) is 5.94. The quantitative estimate of drug-likeness (QED) is 0.135. The van der Waals surface area contributed by atoms with Gasteiger partial charge in [-0.3, -0.25) is 14.5 Å². The molecule has 0 bridgehead atoms. The van der Waals surface area contributed by atoms with Gasteiger partial charge in [0, 0.05) is 13.0 Å². The number of ether oxygens (including phenoxy) is 3. The van der Waals surface area contributed by atoms with Gasteiger partial charge in [-0.1, -0.05) is 75.9 Å². The molecule has 0 aromatic heterocycles. The standard InChI is InChI=1S/C30H36BrNO5S2/c1-6-15-36-26(33)9-8-14-32-28(34)25(39-29(32)38)18-21-16-23(31)27(24(17-21)35-7-2)37-19-20-10-12-22(13-11-20)30(3,4)5/h10-13,16-18H,6-9,14-15,19H2,1-5H3/b25-18+. The second-order valence-corrected chi connectivity index (χ2v) is 12.7. The van der Waals surface area contributed by atoms with E-state index in [1.54, 1.807) is 11.0 Å². The van der Waals surface area contributed by atoms with E-state index in [2.05, 4.69) is 61.0 Å². The Balaban J connectivity index is 1.70. The van der Waals surface area contributed by atoms with Crippen LogP contribution in [0.1, 0.15) is 70.6 Å². The zero-order chi connectivity index (χ0) is 28.6. The molecule has 0 atom stereocenters. The third kappa shape index (κ3) is 8.82. The van der Waals surface area contributed by atoms with Gasteiger partial charge in [-0.15, -0.1) is 0 Å². The molecule has 0 N–H and O–H groups in total. The molecule has 9 heteroatoms. The van der Waals surface area contributed by atoms with Gasteiger partial charge in [0.15, 0.2) is 11.5 Å². The number of halogens is 1. The summed E-state index contributed by atoms with van der Waals surface area (Å²) < 4.78 is 18.4. The van der Waals surface area contributed by atoms with Gasteiger partial charge >= 0.3 is 5.97 Å². The molecule has 1 aliphatic rings. The highest BCUT2D eigenvalue weighted by Crippen LogP contribution is 2.40. The van der Waals surface area contributed by atoms with Crippen molar-refractivity contribution in [2.75, 3.05) is 19.8 Å². The van der Waals surface area contributed by atoms with Gasteiger partial charge in [0.25, 0.3) is 5.91 Å². The second kappa shape index (κ2) is 14.3. The number of thiocarbonyl (C=S) groups is 1. The number of hydrogen-bond donors (Lipinski definition) is 0. The fourth-order valence-electron chi connectivity index (χ4n) is 3.84. The first kappa shape index (κ1) is 31.2. The van der Waals surface area contributed by atoms with Gasteiger partial charge in [-0.2, -0.15) is 0 Å². The number of carbonyl (C=O) groups is 2. The maximum Gasteiger partial charge on any atom is 0.305 e. The molecule has 210 valence electrons. The molecule has 6 nitrogen and oxygen atoms in total. The van der Waals surface area contributed by atoms with Crippen molar-refractivity contribution in [3.8, 4) is 11.5 Å². The summed E-state index contributed by atoms with van der Waals surface area (Å²) in [4.78, 5) is 26.9. The van der Waals surface area contributed by atoms with E-state index in [1.807, 2.05) is 26.0 Å². The number of esters is 1. The maximum absolute atomic E-state index is 13.0. The van der Waals surface area contributed by atoms with Crippen molar-refractivity contribution in [2.24, 2.45) is 0 Å². The van der Waals surface area contributed by atoms with Crippen LogP contribution in [0.4, 0.5) is 0 Å². The lowest BCUT2D eigenvalue weighted by atomic mass is 9.87. The molecule has 0 unspecified atom stereocenters. The zero-order valence-electron chi connectivity index (χ0n) is 23.2. The van der Waals surface area contributed by atoms with Crippen LogP contribution < -0.4 is 9.47 Å². The van der Waals surface area contributed by atoms with Crippen LogP contribution in [0.15, 0.2) is 45.8 Å². The number of hydrogen-bond acceptors (Lipinski definition) is 7. The summed E-state index contributed by atoms with van der Waals surface area (Å²) in [7, 11) is 0. The molecule has 0 saturated carbocycles. The zero-order valence-corrected chi connectivity index (χ0v) is 26.4. The normalized spacial score (nSPS) is 14.7. The lowest BCUT2D eigenvalue weighted by Gasteiger charge is -2.19. The molecule has 39 heavy (non-hydrogen) atoms. The fourth-order valence-corrected chi connectivity index (χ4v) is 5.73. The lowest BCUT2D eigenvalue weighted by molar-refractivity contribution is -0.144. The van der Waals surface area contributed by atoms with E-state index >= 15 is 0 Å². The summed E-state index contributed by atoms with van der Waals surface area (Å²) in [6.07, 6.45) is 3.33. The number of nitrogens with zero attached hydrogens (tertiary/aromatic N) is 1. The molecule has 1 aliphatic heterocycles. The molecule has 2 aromatic carbocycles. The Morgan fingerprint density at radius 1 is 1.13 bits per heavy atom. The largest absolute Gasteiger partial charge is 0.490 e. The van der Waals surface area contributed by atoms with Crippen LogP contribution in [0.3, 0.4) is 0 Å². The molecule has 1 amide bonds. The van der Waals surface area contributed by atoms with Crippen LogP contribution in [-0.2, 0) is 26.3 Å². The molecule has 1 saturated heterocycles. The van der Waals surface area contributed by atoms with Gasteiger partial charge in [0.1, 0.15) is 10.9 Å². The number of thioether (sulfide) groups is 1. The predicted octanol–water partition coefficient (Wildman–Crippen LogP) is 7.66. The summed E-state index contributed by atoms with van der Waals surface area (Å²) in [5.41, 5.74) is 3.21. The van der Waals surface area contributed by atoms with Gasteiger partial charge < -0.3 is 14.2 Å². The molecule has 3 rings (SSSR count). The van der Waals surface area contributed by atoms with Crippen molar-refractivity contribution in [3.63, 3.8) is 0 Å². The molecule has 0 radical (unpaired) electrons. The van der Waals surface area contributed by atoms with E-state index < -0.39 is 0 Å². The number of amides is 1. The van der Waals surface area contributed by atoms with Crippen LogP contribution in [0, 0.1) is 0 Å². The molecular weight excluding hydrogens is 598 g/mol. The molecule has 0 spiro atoms. The number of rotatable bonds is 12. The molecule has 0 aliphatic carbocycles. The summed E-state index contributed by atoms with van der Waals surface area (Å²) in [6.45, 7) is 12.1. The van der Waals surface area contributed by atoms with Crippen molar-refractivity contribution in [3.05, 3.63) is 62.5 Å². The van der Waals surface area contributed by atoms with Crippen molar-refractivity contribution >= 4 is 62.2 Å². The maximum atomic E-state index is 13.0. The minimum absolute atomic E-state index is 0.0941. The lowest BCUT2D eigenvalue weighted by Crippen LogP contribution is -2.29. The summed E-state index contributed by atoms with van der Waals surface area (Å²) >= 11 is 10.3. The predicted molar refractivity (Wildman–Crippen MR) is 165 cm³/mol. The Morgan fingerprint density at radius 3 is 2.49 bits per heavy atom. The van der Waals surface area contributed by atoms with Gasteiger partial charge in [0.05, 0.1) is 22.6 Å². The van der Waals surface area contributed by atoms with E-state index in [0.29, 0.717) is 53.5 Å². The minimum Gasteiger partial charge on any atom is -0.490 e. The highest BCUT2D eigenvalue weighted by Gasteiger charge is 2.32. The molecule has 2 aromatic rings. The fraction of sp³-hybridized carbons (Fsp3) is 0.433. The van der Waals surface area contributed by atoms with E-state index in [-0.39, 0.29) is 23.7 Å². The molecule has 1 heterocycles. The van der Waals surface area contributed by atoms with Gasteiger partial charge in [0.2, 0.25) is 0 Å². The van der Waals surface area contributed by atoms with Crippen molar-refractivity contribution < 1.29 is 23.8 Å². The Hall–Kier alpha value is -2.36. The summed E-state index contributed by atoms with van der Waals surface area (Å²) in [5, 5.41) is 0. The Bertz CT molecular complexity index is 1220. The van der Waals surface area contributed by atoms with E-state index in [9.17, 15) is 9.59 Å². The van der Waals surface area contributed by atoms with Crippen LogP contribution in [0.25, 0.3) is 6.08 Å². The Morgan fingerprint density at radius 2 is 1.85 bits per heavy atom. The van der Waals surface area contributed by atoms with Crippen molar-refractivity contribution in [1.29, 1.82) is 0 Å². The highest BCUT2D eigenvalue weighted by molar-refractivity contribution is 9.10. The minimum atomic E-state index is -0.254. The van der Waals surface area contributed by atoms with Crippen LogP contribution in [0.5, 0.6) is 11.5 Å². The smallest absolute Gasteiger partial charge is 0.305 e. The number of carbonyl (C=O) groups excluding carboxylic acids is 2. The van der Waals surface area contributed by atoms with Crippen molar-refractivity contribution in [1.82, 2.24) is 4.90 Å². The van der Waals surface area contributed by atoms with E-state index in [4.69, 9.17) is 26.4 Å². The first-order chi connectivity index (χ1) is 18.5. The van der Waals surface area contributed by atoms with Crippen LogP contribution >= 0.6 is 39.9 Å². The third-order valence-corrected chi connectivity index (χ3v) is 7.90. The first-order valence-corrected chi connectivity index (χ1v) is 15.1. The first-order valence-electron chi connectivity index (χ1n) is 13.1. The van der Waals surface area contributed by atoms with E-state index in [0.717, 1.165) is 22.0 Å². The topological polar surface area (TPSA) is 65.1 Å². The Kier molecular flexibility index (Phi) is 11.4. The average molecular weight is 635 g/mol. The monoisotopic (exact) mass is 633 g/mol. The van der Waals surface area contributed by atoms with Crippen LogP contribution in [0.2, 0.25) is 0 Å². The number of benzene rings is 2.